The third-order valence-electron chi connectivity index (χ3n) is 9.04. The number of amides is 5. The monoisotopic (exact) mass is 637 g/mol. The Balaban J connectivity index is 1.41. The van der Waals surface area contributed by atoms with Gasteiger partial charge in [0.25, 0.3) is 5.91 Å². The van der Waals surface area contributed by atoms with E-state index in [-0.39, 0.29) is 49.3 Å². The van der Waals surface area contributed by atoms with Crippen LogP contribution in [0.25, 0.3) is 0 Å². The Kier molecular flexibility index (Phi) is 10.5. The van der Waals surface area contributed by atoms with Gasteiger partial charge in [-0.3, -0.25) is 24.0 Å². The Labute approximate surface area is 266 Å². The maximum atomic E-state index is 14.2. The molecule has 3 aliphatic heterocycles. The summed E-state index contributed by atoms with van der Waals surface area (Å²) in [6.07, 6.45) is 1.81. The Morgan fingerprint density at radius 2 is 1.85 bits per heavy atom. The quantitative estimate of drug-likeness (QED) is 0.355. The molecule has 13 heteroatoms. The molecular formula is C33H40FN5O7. The lowest BCUT2D eigenvalue weighted by Crippen LogP contribution is -2.55. The highest BCUT2D eigenvalue weighted by molar-refractivity contribution is 6.01. The molecule has 5 rings (SSSR count). The second-order valence-electron chi connectivity index (χ2n) is 12.1. The Bertz CT molecular complexity index is 1460. The summed E-state index contributed by atoms with van der Waals surface area (Å²) < 4.78 is 25.8. The molecule has 0 spiro atoms. The van der Waals surface area contributed by atoms with Crippen molar-refractivity contribution in [3.63, 3.8) is 0 Å². The van der Waals surface area contributed by atoms with Gasteiger partial charge in [-0.05, 0) is 61.9 Å². The minimum Gasteiger partial charge on any atom is -0.491 e. The van der Waals surface area contributed by atoms with E-state index in [0.717, 1.165) is 6.42 Å². The number of primary amides is 1. The Morgan fingerprint density at radius 1 is 1.07 bits per heavy atom. The van der Waals surface area contributed by atoms with Crippen molar-refractivity contribution in [3.05, 3.63) is 65.5 Å². The van der Waals surface area contributed by atoms with Gasteiger partial charge in [0.05, 0.1) is 18.0 Å². The molecule has 2 aromatic carbocycles. The molecule has 0 aliphatic carbocycles. The fourth-order valence-electron chi connectivity index (χ4n) is 6.42. The number of hydrogen-bond acceptors (Lipinski definition) is 7. The zero-order chi connectivity index (χ0) is 32.7. The molecule has 2 fully saturated rings. The van der Waals surface area contributed by atoms with E-state index >= 15 is 0 Å². The van der Waals surface area contributed by atoms with E-state index in [1.54, 1.807) is 35.2 Å². The van der Waals surface area contributed by atoms with Crippen LogP contribution >= 0.6 is 0 Å². The van der Waals surface area contributed by atoms with Crippen LogP contribution in [0.3, 0.4) is 0 Å². The molecule has 0 bridgehead atoms. The van der Waals surface area contributed by atoms with Crippen molar-refractivity contribution in [2.75, 3.05) is 32.9 Å². The number of rotatable bonds is 7. The first-order chi connectivity index (χ1) is 22.1. The number of halogens is 1. The molecule has 2 aromatic rings. The van der Waals surface area contributed by atoms with E-state index in [1.807, 2.05) is 6.07 Å². The Hall–Kier alpha value is -4.52. The second kappa shape index (κ2) is 14.7. The summed E-state index contributed by atoms with van der Waals surface area (Å²) >= 11 is 0. The first-order valence-electron chi connectivity index (χ1n) is 15.7. The van der Waals surface area contributed by atoms with Crippen molar-refractivity contribution in [1.82, 2.24) is 20.9 Å². The van der Waals surface area contributed by atoms with Gasteiger partial charge >= 0.3 is 0 Å². The molecule has 2 saturated heterocycles. The van der Waals surface area contributed by atoms with E-state index in [0.29, 0.717) is 44.6 Å². The lowest BCUT2D eigenvalue weighted by Gasteiger charge is -2.38. The van der Waals surface area contributed by atoms with Crippen LogP contribution in [0.5, 0.6) is 5.75 Å². The average molecular weight is 638 g/mol. The van der Waals surface area contributed by atoms with Gasteiger partial charge in [0.1, 0.15) is 30.3 Å². The predicted molar refractivity (Wildman–Crippen MR) is 164 cm³/mol. The van der Waals surface area contributed by atoms with Gasteiger partial charge < -0.3 is 36.1 Å². The molecule has 246 valence electrons. The summed E-state index contributed by atoms with van der Waals surface area (Å²) in [5.74, 6) is -3.01. The van der Waals surface area contributed by atoms with Crippen LogP contribution in [-0.4, -0.2) is 85.5 Å². The van der Waals surface area contributed by atoms with E-state index in [9.17, 15) is 28.4 Å². The number of nitrogens with zero attached hydrogens (tertiary/aromatic N) is 1. The molecule has 0 saturated carbocycles. The number of benzene rings is 2. The normalized spacial score (nSPS) is 23.5. The zero-order valence-corrected chi connectivity index (χ0v) is 25.6. The van der Waals surface area contributed by atoms with Crippen LogP contribution in [0.4, 0.5) is 4.39 Å². The van der Waals surface area contributed by atoms with Gasteiger partial charge in [0.2, 0.25) is 23.6 Å². The van der Waals surface area contributed by atoms with Crippen molar-refractivity contribution in [2.24, 2.45) is 5.73 Å². The topological polar surface area (TPSA) is 169 Å². The molecule has 5 N–H and O–H groups in total. The molecule has 0 unspecified atom stereocenters. The van der Waals surface area contributed by atoms with Gasteiger partial charge in [-0.25, -0.2) is 4.39 Å². The summed E-state index contributed by atoms with van der Waals surface area (Å²) in [7, 11) is 0. The summed E-state index contributed by atoms with van der Waals surface area (Å²) in [4.78, 5) is 67.6. The van der Waals surface area contributed by atoms with Crippen molar-refractivity contribution in [3.8, 4) is 5.75 Å². The minimum absolute atomic E-state index is 0.0196. The highest BCUT2D eigenvalue weighted by atomic mass is 19.1. The number of carbonyl (C=O) groups is 5. The van der Waals surface area contributed by atoms with E-state index < -0.39 is 53.4 Å². The van der Waals surface area contributed by atoms with E-state index in [1.165, 1.54) is 12.1 Å². The van der Waals surface area contributed by atoms with E-state index in [4.69, 9.17) is 15.2 Å². The zero-order valence-electron chi connectivity index (χ0n) is 25.6. The summed E-state index contributed by atoms with van der Waals surface area (Å²) in [5, 5.41) is 8.26. The van der Waals surface area contributed by atoms with Crippen molar-refractivity contribution in [1.29, 1.82) is 0 Å². The van der Waals surface area contributed by atoms with Crippen molar-refractivity contribution < 1.29 is 37.8 Å². The first kappa shape index (κ1) is 32.9. The minimum atomic E-state index is -1.33. The molecular weight excluding hydrogens is 597 g/mol. The van der Waals surface area contributed by atoms with E-state index in [2.05, 4.69) is 16.0 Å². The molecule has 3 atom stereocenters. The lowest BCUT2D eigenvalue weighted by molar-refractivity contribution is -0.138. The van der Waals surface area contributed by atoms with Crippen LogP contribution in [0, 0.1) is 5.82 Å². The summed E-state index contributed by atoms with van der Waals surface area (Å²) in [6.45, 7) is 1.51. The summed E-state index contributed by atoms with van der Waals surface area (Å²) in [5.41, 5.74) is 5.62. The SMILES string of the molecule is NC(=O)CC[C@@H]1NC(=O)C[C@@H](C(=O)NCC2(c3cccc(F)c3)CCOCC2)NC(=O)c2ccccc2OC[C@H]2CCCN2C1=O. The largest absolute Gasteiger partial charge is 0.491 e. The molecule has 12 nitrogen and oxygen atoms in total. The molecule has 3 aliphatic rings. The van der Waals surface area contributed by atoms with Gasteiger partial charge in [0, 0.05) is 38.1 Å². The first-order valence-corrected chi connectivity index (χ1v) is 15.7. The third kappa shape index (κ3) is 7.82. The van der Waals surface area contributed by atoms with Gasteiger partial charge in [-0.1, -0.05) is 24.3 Å². The standard InChI is InChI=1S/C33H40FN5O7/c34-22-6-3-5-21(17-22)33(12-15-45-16-13-33)20-36-31(43)26-18-29(41)37-25(10-11-28(35)40)32(44)39-14-4-7-23(39)19-46-27-9-2-1-8-24(27)30(42)38-26/h1-3,5-6,8-9,17,23,25-26H,4,7,10-16,18-20H2,(H2,35,40)(H,36,43)(H,37,41)(H,38,42)/t23-,25+,26+/m1/s1. The van der Waals surface area contributed by atoms with Crippen LogP contribution in [0.15, 0.2) is 48.5 Å². The number of para-hydroxylation sites is 1. The highest BCUT2D eigenvalue weighted by Gasteiger charge is 2.38. The fraction of sp³-hybridized carbons (Fsp3) is 0.485. The molecule has 46 heavy (non-hydrogen) atoms. The average Bonchev–Trinajstić information content (AvgIpc) is 3.52. The van der Waals surface area contributed by atoms with Gasteiger partial charge in [-0.15, -0.1) is 0 Å². The van der Waals surface area contributed by atoms with Crippen LogP contribution in [0.1, 0.15) is 60.9 Å². The van der Waals surface area contributed by atoms with Gasteiger partial charge in [0.15, 0.2) is 0 Å². The maximum Gasteiger partial charge on any atom is 0.255 e. The summed E-state index contributed by atoms with van der Waals surface area (Å²) in [6, 6.07) is 10.1. The number of nitrogens with two attached hydrogens (primary N) is 1. The number of carbonyl (C=O) groups excluding carboxylic acids is 5. The number of fused-ring (bicyclic) bond motifs is 2. The fourth-order valence-corrected chi connectivity index (χ4v) is 6.42. The molecule has 3 heterocycles. The number of nitrogens with one attached hydrogen (secondary N) is 3. The van der Waals surface area contributed by atoms with Crippen molar-refractivity contribution >= 4 is 29.5 Å². The second-order valence-corrected chi connectivity index (χ2v) is 12.1. The smallest absolute Gasteiger partial charge is 0.255 e. The molecule has 5 amide bonds. The van der Waals surface area contributed by atoms with Crippen LogP contribution < -0.4 is 26.4 Å². The Morgan fingerprint density at radius 3 is 2.61 bits per heavy atom. The molecule has 0 aromatic heterocycles. The predicted octanol–water partition coefficient (Wildman–Crippen LogP) is 1.31. The highest BCUT2D eigenvalue weighted by Crippen LogP contribution is 2.34. The number of hydrogen-bond donors (Lipinski definition) is 4. The van der Waals surface area contributed by atoms with Crippen molar-refractivity contribution in [2.45, 2.75) is 68.5 Å². The number of ether oxygens (including phenoxy) is 2. The van der Waals surface area contributed by atoms with Gasteiger partial charge in [-0.2, -0.15) is 0 Å². The van der Waals surface area contributed by atoms with Crippen LogP contribution in [-0.2, 0) is 29.3 Å². The molecule has 0 radical (unpaired) electrons. The van der Waals surface area contributed by atoms with Crippen LogP contribution in [0.2, 0.25) is 0 Å². The third-order valence-corrected chi connectivity index (χ3v) is 9.04. The lowest BCUT2D eigenvalue weighted by atomic mass is 9.74. The maximum absolute atomic E-state index is 14.2.